The van der Waals surface area contributed by atoms with Gasteiger partial charge in [0.15, 0.2) is 0 Å². The smallest absolute Gasteiger partial charge is 0.364 e. The van der Waals surface area contributed by atoms with Crippen molar-refractivity contribution in [3.8, 4) is 5.75 Å². The van der Waals surface area contributed by atoms with Gasteiger partial charge in [-0.05, 0) is 37.0 Å². The predicted octanol–water partition coefficient (Wildman–Crippen LogP) is 2.87. The zero-order valence-electron chi connectivity index (χ0n) is 13.2. The number of hydrogen-bond acceptors (Lipinski definition) is 4. The van der Waals surface area contributed by atoms with Gasteiger partial charge in [0.2, 0.25) is 0 Å². The molecule has 1 aliphatic heterocycles. The Morgan fingerprint density at radius 2 is 1.91 bits per heavy atom. The molecule has 1 heterocycles. The van der Waals surface area contributed by atoms with E-state index in [2.05, 4.69) is 12.1 Å². The molecule has 0 atom stereocenters. The Labute approximate surface area is 131 Å². The molecule has 0 radical (unpaired) electrons. The van der Waals surface area contributed by atoms with E-state index in [0.717, 1.165) is 31.4 Å². The van der Waals surface area contributed by atoms with Crippen LogP contribution < -0.4 is 4.74 Å². The van der Waals surface area contributed by atoms with Gasteiger partial charge in [-0.25, -0.2) is 4.79 Å². The third kappa shape index (κ3) is 4.45. The number of benzene rings is 1. The summed E-state index contributed by atoms with van der Waals surface area (Å²) in [5, 5.41) is 9.00. The minimum absolute atomic E-state index is 0.281. The van der Waals surface area contributed by atoms with E-state index in [1.165, 1.54) is 12.5 Å². The minimum Gasteiger partial charge on any atom is -0.497 e. The molecule has 0 aliphatic carbocycles. The summed E-state index contributed by atoms with van der Waals surface area (Å²) >= 11 is 0. The fourth-order valence-electron chi connectivity index (χ4n) is 2.49. The second-order valence-electron chi connectivity index (χ2n) is 5.83. The molecule has 122 valence electrons. The van der Waals surface area contributed by atoms with E-state index in [4.69, 9.17) is 19.3 Å². The summed E-state index contributed by atoms with van der Waals surface area (Å²) in [5.74, 6) is -1.38. The van der Waals surface area contributed by atoms with Gasteiger partial charge >= 0.3 is 5.97 Å². The number of rotatable bonds is 7. The number of carboxylic acids is 1. The second-order valence-corrected chi connectivity index (χ2v) is 5.83. The van der Waals surface area contributed by atoms with E-state index in [9.17, 15) is 4.79 Å². The van der Waals surface area contributed by atoms with Crippen LogP contribution in [0, 0.1) is 5.92 Å². The van der Waals surface area contributed by atoms with Crippen LogP contribution in [0.5, 0.6) is 5.75 Å². The average molecular weight is 308 g/mol. The van der Waals surface area contributed by atoms with Gasteiger partial charge in [-0.2, -0.15) is 0 Å². The molecule has 1 N–H and O–H groups in total. The fourth-order valence-corrected chi connectivity index (χ4v) is 2.49. The quantitative estimate of drug-likeness (QED) is 0.785. The molecule has 22 heavy (non-hydrogen) atoms. The Hall–Kier alpha value is -1.59. The number of methoxy groups -OCH3 is 1. The molecule has 0 unspecified atom stereocenters. The first kappa shape index (κ1) is 16.8. The highest BCUT2D eigenvalue weighted by atomic mass is 16.7. The van der Waals surface area contributed by atoms with E-state index in [0.29, 0.717) is 13.2 Å². The van der Waals surface area contributed by atoms with Crippen molar-refractivity contribution in [2.75, 3.05) is 20.3 Å². The highest BCUT2D eigenvalue weighted by Gasteiger charge is 2.40. The fraction of sp³-hybridized carbons (Fsp3) is 0.588. The number of carboxylic acid groups (broad SMARTS) is 1. The minimum atomic E-state index is -1.47. The van der Waals surface area contributed by atoms with Gasteiger partial charge in [0.25, 0.3) is 5.79 Å². The molecule has 0 bridgehead atoms. The molecule has 1 aromatic carbocycles. The number of aliphatic carboxylic acids is 1. The molecular formula is C17H24O5. The maximum atomic E-state index is 11.0. The van der Waals surface area contributed by atoms with Crippen molar-refractivity contribution in [2.45, 2.75) is 38.4 Å². The Bertz CT molecular complexity index is 474. The SMILES string of the molecule is COc1ccc(CCCCC2COC(C)(C(=O)O)OC2)cc1. The van der Waals surface area contributed by atoms with Crippen LogP contribution in [0.4, 0.5) is 0 Å². The van der Waals surface area contributed by atoms with Crippen molar-refractivity contribution in [3.05, 3.63) is 29.8 Å². The summed E-state index contributed by atoms with van der Waals surface area (Å²) < 4.78 is 15.8. The molecule has 1 fully saturated rings. The van der Waals surface area contributed by atoms with E-state index >= 15 is 0 Å². The van der Waals surface area contributed by atoms with Crippen molar-refractivity contribution in [3.63, 3.8) is 0 Å². The molecule has 2 rings (SSSR count). The van der Waals surface area contributed by atoms with Crippen LogP contribution in [0.3, 0.4) is 0 Å². The van der Waals surface area contributed by atoms with Crippen LogP contribution in [0.25, 0.3) is 0 Å². The lowest BCUT2D eigenvalue weighted by Gasteiger charge is -2.34. The molecule has 5 heteroatoms. The van der Waals surface area contributed by atoms with Crippen LogP contribution in [0.15, 0.2) is 24.3 Å². The molecule has 0 saturated carbocycles. The highest BCUT2D eigenvalue weighted by molar-refractivity contribution is 5.75. The highest BCUT2D eigenvalue weighted by Crippen LogP contribution is 2.24. The van der Waals surface area contributed by atoms with Crippen molar-refractivity contribution in [1.29, 1.82) is 0 Å². The lowest BCUT2D eigenvalue weighted by molar-refractivity contribution is -0.271. The molecule has 0 amide bonds. The number of ether oxygens (including phenoxy) is 3. The van der Waals surface area contributed by atoms with E-state index in [-0.39, 0.29) is 5.92 Å². The van der Waals surface area contributed by atoms with Crippen molar-refractivity contribution >= 4 is 5.97 Å². The first-order chi connectivity index (χ1) is 10.5. The maximum Gasteiger partial charge on any atom is 0.364 e. The average Bonchev–Trinajstić information content (AvgIpc) is 2.54. The molecule has 0 spiro atoms. The van der Waals surface area contributed by atoms with E-state index in [1.807, 2.05) is 12.1 Å². The molecule has 5 nitrogen and oxygen atoms in total. The summed E-state index contributed by atoms with van der Waals surface area (Å²) in [6, 6.07) is 8.13. The van der Waals surface area contributed by atoms with Crippen molar-refractivity contribution in [1.82, 2.24) is 0 Å². The Balaban J connectivity index is 1.64. The van der Waals surface area contributed by atoms with Gasteiger partial charge in [0, 0.05) is 12.8 Å². The van der Waals surface area contributed by atoms with Gasteiger partial charge in [-0.3, -0.25) is 0 Å². The summed E-state index contributed by atoms with van der Waals surface area (Å²) in [5.41, 5.74) is 1.30. The zero-order chi connectivity index (χ0) is 16.0. The van der Waals surface area contributed by atoms with Crippen LogP contribution in [-0.2, 0) is 20.7 Å². The Morgan fingerprint density at radius 3 is 2.45 bits per heavy atom. The van der Waals surface area contributed by atoms with Gasteiger partial charge < -0.3 is 19.3 Å². The largest absolute Gasteiger partial charge is 0.497 e. The number of aryl methyl sites for hydroxylation is 1. The lowest BCUT2D eigenvalue weighted by Crippen LogP contribution is -2.47. The topological polar surface area (TPSA) is 65.0 Å². The van der Waals surface area contributed by atoms with E-state index in [1.54, 1.807) is 7.11 Å². The molecule has 1 saturated heterocycles. The first-order valence-electron chi connectivity index (χ1n) is 7.68. The molecule has 1 aliphatic rings. The van der Waals surface area contributed by atoms with Crippen molar-refractivity contribution < 1.29 is 24.1 Å². The van der Waals surface area contributed by atoms with Gasteiger partial charge in [0.1, 0.15) is 5.75 Å². The summed E-state index contributed by atoms with van der Waals surface area (Å²) in [7, 11) is 1.67. The molecular weight excluding hydrogens is 284 g/mol. The lowest BCUT2D eigenvalue weighted by atomic mass is 10.00. The standard InChI is InChI=1S/C17H24O5/c1-17(16(18)19)21-11-14(12-22-17)6-4-3-5-13-7-9-15(20-2)10-8-13/h7-10,14H,3-6,11-12H2,1-2H3,(H,18,19). The molecule has 0 aromatic heterocycles. The zero-order valence-corrected chi connectivity index (χ0v) is 13.2. The van der Waals surface area contributed by atoms with Crippen LogP contribution >= 0.6 is 0 Å². The normalized spacial score (nSPS) is 24.9. The van der Waals surface area contributed by atoms with Crippen molar-refractivity contribution in [2.24, 2.45) is 5.92 Å². The Kier molecular flexibility index (Phi) is 5.80. The summed E-state index contributed by atoms with van der Waals surface area (Å²) in [4.78, 5) is 11.0. The number of unbranched alkanes of at least 4 members (excludes halogenated alkanes) is 1. The second kappa shape index (κ2) is 7.61. The summed E-state index contributed by atoms with van der Waals surface area (Å²) in [6.45, 7) is 2.35. The predicted molar refractivity (Wildman–Crippen MR) is 82.0 cm³/mol. The Morgan fingerprint density at radius 1 is 1.27 bits per heavy atom. The first-order valence-corrected chi connectivity index (χ1v) is 7.68. The maximum absolute atomic E-state index is 11.0. The summed E-state index contributed by atoms with van der Waals surface area (Å²) in [6.07, 6.45) is 4.20. The monoisotopic (exact) mass is 308 g/mol. The van der Waals surface area contributed by atoms with Crippen LogP contribution in [0.2, 0.25) is 0 Å². The third-order valence-electron chi connectivity index (χ3n) is 4.06. The van der Waals surface area contributed by atoms with Gasteiger partial charge in [0.05, 0.1) is 20.3 Å². The van der Waals surface area contributed by atoms with Crippen LogP contribution in [0.1, 0.15) is 31.7 Å². The molecule has 1 aromatic rings. The van der Waals surface area contributed by atoms with E-state index < -0.39 is 11.8 Å². The van der Waals surface area contributed by atoms with Gasteiger partial charge in [-0.15, -0.1) is 0 Å². The van der Waals surface area contributed by atoms with Gasteiger partial charge in [-0.1, -0.05) is 18.6 Å². The van der Waals surface area contributed by atoms with Crippen LogP contribution in [-0.4, -0.2) is 37.2 Å². The number of hydrogen-bond donors (Lipinski definition) is 1. The third-order valence-corrected chi connectivity index (χ3v) is 4.06. The number of carbonyl (C=O) groups is 1.